The van der Waals surface area contributed by atoms with Crippen LogP contribution in [0.25, 0.3) is 28.2 Å². The average Bonchev–Trinajstić information content (AvgIpc) is 2.95. The Bertz CT molecular complexity index is 1610. The highest BCUT2D eigenvalue weighted by molar-refractivity contribution is 5.88. The summed E-state index contributed by atoms with van der Waals surface area (Å²) in [6.07, 6.45) is 14.0. The van der Waals surface area contributed by atoms with Crippen LogP contribution in [0.5, 0.6) is 0 Å². The number of hydrogen-bond donors (Lipinski definition) is 0. The van der Waals surface area contributed by atoms with Gasteiger partial charge in [-0.3, -0.25) is 20.0 Å². The molecule has 0 bridgehead atoms. The van der Waals surface area contributed by atoms with Crippen LogP contribution in [-0.2, 0) is 6.42 Å². The largest absolute Gasteiger partial charge is 0.256 e. The third-order valence-corrected chi connectivity index (χ3v) is 6.30. The summed E-state index contributed by atoms with van der Waals surface area (Å²) < 4.78 is 0. The van der Waals surface area contributed by atoms with Gasteiger partial charge in [0.05, 0.1) is 22.8 Å². The lowest BCUT2D eigenvalue weighted by Gasteiger charge is -2.10. The number of nitrogens with zero attached hydrogens (tertiary/aromatic N) is 4. The first kappa shape index (κ1) is 21.8. The van der Waals surface area contributed by atoms with Crippen LogP contribution in [-0.4, -0.2) is 22.4 Å². The maximum absolute atomic E-state index is 4.63. The molecule has 4 nitrogen and oxygen atoms in total. The minimum Gasteiger partial charge on any atom is -0.256 e. The number of aliphatic imine (C=N–C) groups is 2. The van der Waals surface area contributed by atoms with Gasteiger partial charge in [-0.05, 0) is 83.3 Å². The van der Waals surface area contributed by atoms with Crippen LogP contribution in [0.15, 0.2) is 113 Å². The Morgan fingerprint density at radius 1 is 0.639 bits per heavy atom. The van der Waals surface area contributed by atoms with E-state index in [1.54, 1.807) is 0 Å². The van der Waals surface area contributed by atoms with E-state index in [4.69, 9.17) is 0 Å². The third-order valence-electron chi connectivity index (χ3n) is 6.30. The first-order valence-electron chi connectivity index (χ1n) is 12.1. The van der Waals surface area contributed by atoms with E-state index < -0.39 is 0 Å². The number of pyridine rings is 2. The van der Waals surface area contributed by atoms with E-state index in [-0.39, 0.29) is 0 Å². The van der Waals surface area contributed by atoms with Gasteiger partial charge < -0.3 is 0 Å². The lowest BCUT2D eigenvalue weighted by atomic mass is 9.97. The normalized spacial score (nSPS) is 13.0. The topological polar surface area (TPSA) is 50.5 Å². The summed E-state index contributed by atoms with van der Waals surface area (Å²) in [5, 5.41) is 2.39. The molecule has 1 aliphatic carbocycles. The standard InChI is InChI=1S/C32H24N4/c1-3-7-27-17-29(13-11-25(27)5-1)33-19-23-9-15-31(35-21-23)32-16-10-24(22-36-32)20-34-30-14-12-26-6-2-4-8-28(26)18-30/h1,3-5,7-22H,2,6H2. The number of hydrogen-bond acceptors (Lipinski definition) is 4. The maximum atomic E-state index is 4.63. The molecule has 6 rings (SSSR count). The molecule has 0 amide bonds. The molecule has 0 aliphatic heterocycles. The highest BCUT2D eigenvalue weighted by Gasteiger charge is 2.05. The van der Waals surface area contributed by atoms with Gasteiger partial charge in [0.15, 0.2) is 0 Å². The summed E-state index contributed by atoms with van der Waals surface area (Å²) >= 11 is 0. The number of benzene rings is 3. The smallest absolute Gasteiger partial charge is 0.0886 e. The van der Waals surface area contributed by atoms with Crippen molar-refractivity contribution in [1.29, 1.82) is 0 Å². The van der Waals surface area contributed by atoms with Crippen LogP contribution >= 0.6 is 0 Å². The second kappa shape index (κ2) is 9.88. The Labute approximate surface area is 210 Å². The van der Waals surface area contributed by atoms with E-state index in [0.29, 0.717) is 0 Å². The fraction of sp³-hybridized carbons (Fsp3) is 0.0625. The second-order valence-corrected chi connectivity index (χ2v) is 8.83. The van der Waals surface area contributed by atoms with Crippen molar-refractivity contribution in [3.63, 3.8) is 0 Å². The van der Waals surface area contributed by atoms with Gasteiger partial charge >= 0.3 is 0 Å². The summed E-state index contributed by atoms with van der Waals surface area (Å²) in [5.41, 5.74) is 8.06. The molecule has 0 saturated heterocycles. The monoisotopic (exact) mass is 464 g/mol. The van der Waals surface area contributed by atoms with E-state index in [1.807, 2.05) is 67.3 Å². The van der Waals surface area contributed by atoms with Crippen LogP contribution in [0.2, 0.25) is 0 Å². The van der Waals surface area contributed by atoms with Crippen molar-refractivity contribution >= 4 is 40.7 Å². The molecule has 36 heavy (non-hydrogen) atoms. The van der Waals surface area contributed by atoms with E-state index in [9.17, 15) is 0 Å². The van der Waals surface area contributed by atoms with Crippen molar-refractivity contribution in [3.05, 3.63) is 126 Å². The van der Waals surface area contributed by atoms with Gasteiger partial charge in [0.1, 0.15) is 0 Å². The zero-order chi connectivity index (χ0) is 24.2. The molecule has 172 valence electrons. The zero-order valence-electron chi connectivity index (χ0n) is 19.8. The molecule has 3 aromatic carbocycles. The Kier molecular flexibility index (Phi) is 5.99. The molecule has 2 heterocycles. The molecule has 0 atom stereocenters. The van der Waals surface area contributed by atoms with Crippen LogP contribution in [0.3, 0.4) is 0 Å². The minimum absolute atomic E-state index is 0.822. The van der Waals surface area contributed by atoms with Crippen LogP contribution in [0, 0.1) is 0 Å². The summed E-state index contributed by atoms with van der Waals surface area (Å²) in [6.45, 7) is 0. The van der Waals surface area contributed by atoms with E-state index in [0.717, 1.165) is 46.7 Å². The molecular formula is C32H24N4. The fourth-order valence-electron chi connectivity index (χ4n) is 4.32. The second-order valence-electron chi connectivity index (χ2n) is 8.83. The Balaban J connectivity index is 1.13. The zero-order valence-corrected chi connectivity index (χ0v) is 19.8. The van der Waals surface area contributed by atoms with Crippen molar-refractivity contribution < 1.29 is 0 Å². The molecule has 5 aromatic rings. The molecule has 2 aromatic heterocycles. The van der Waals surface area contributed by atoms with E-state index in [1.165, 1.54) is 21.9 Å². The van der Waals surface area contributed by atoms with Gasteiger partial charge in [-0.25, -0.2) is 0 Å². The van der Waals surface area contributed by atoms with Crippen LogP contribution in [0.4, 0.5) is 11.4 Å². The summed E-state index contributed by atoms with van der Waals surface area (Å²) in [4.78, 5) is 18.4. The minimum atomic E-state index is 0.822. The SMILES string of the molecule is C1=Cc2cc(N=Cc3ccc(-c4ccc(C=Nc5ccc6ccccc6c5)cn4)nc3)ccc2CC1. The molecule has 0 unspecified atom stereocenters. The predicted molar refractivity (Wildman–Crippen MR) is 150 cm³/mol. The lowest BCUT2D eigenvalue weighted by Crippen LogP contribution is -1.93. The van der Waals surface area contributed by atoms with Crippen molar-refractivity contribution in [2.24, 2.45) is 9.98 Å². The van der Waals surface area contributed by atoms with Gasteiger partial charge in [-0.15, -0.1) is 0 Å². The number of aromatic nitrogens is 2. The Hall–Kier alpha value is -4.70. The molecule has 0 saturated carbocycles. The number of rotatable bonds is 5. The Morgan fingerprint density at radius 2 is 1.31 bits per heavy atom. The molecule has 1 aliphatic rings. The number of allylic oxidation sites excluding steroid dienone is 1. The van der Waals surface area contributed by atoms with Crippen molar-refractivity contribution in [1.82, 2.24) is 9.97 Å². The molecule has 0 N–H and O–H groups in total. The van der Waals surface area contributed by atoms with Crippen molar-refractivity contribution in [2.75, 3.05) is 0 Å². The van der Waals surface area contributed by atoms with Crippen molar-refractivity contribution in [2.45, 2.75) is 12.8 Å². The van der Waals surface area contributed by atoms with Crippen LogP contribution < -0.4 is 0 Å². The Morgan fingerprint density at radius 3 is 2.00 bits per heavy atom. The maximum Gasteiger partial charge on any atom is 0.0886 e. The summed E-state index contributed by atoms with van der Waals surface area (Å²) in [7, 11) is 0. The quantitative estimate of drug-likeness (QED) is 0.250. The first-order valence-corrected chi connectivity index (χ1v) is 12.1. The highest BCUT2D eigenvalue weighted by Crippen LogP contribution is 2.25. The summed E-state index contributed by atoms with van der Waals surface area (Å²) in [5.74, 6) is 0. The number of fused-ring (bicyclic) bond motifs is 2. The molecule has 0 radical (unpaired) electrons. The number of aryl methyl sites for hydroxylation is 1. The molecular weight excluding hydrogens is 440 g/mol. The van der Waals surface area contributed by atoms with Gasteiger partial charge in [-0.2, -0.15) is 0 Å². The lowest BCUT2D eigenvalue weighted by molar-refractivity contribution is 0.986. The van der Waals surface area contributed by atoms with Crippen molar-refractivity contribution in [3.8, 4) is 11.4 Å². The average molecular weight is 465 g/mol. The third kappa shape index (κ3) is 4.89. The molecule has 0 spiro atoms. The van der Waals surface area contributed by atoms with Gasteiger partial charge in [0.2, 0.25) is 0 Å². The molecule has 0 fully saturated rings. The molecule has 4 heteroatoms. The first-order chi connectivity index (χ1) is 17.8. The van der Waals surface area contributed by atoms with Gasteiger partial charge in [0, 0.05) is 35.9 Å². The predicted octanol–water partition coefficient (Wildman–Crippen LogP) is 7.76. The van der Waals surface area contributed by atoms with E-state index >= 15 is 0 Å². The highest BCUT2D eigenvalue weighted by atomic mass is 14.8. The summed E-state index contributed by atoms with van der Waals surface area (Å²) in [6, 6.07) is 28.8. The van der Waals surface area contributed by atoms with Gasteiger partial charge in [0.25, 0.3) is 0 Å². The van der Waals surface area contributed by atoms with Gasteiger partial charge in [-0.1, -0.05) is 48.6 Å². The van der Waals surface area contributed by atoms with E-state index in [2.05, 4.69) is 74.6 Å². The fourth-order valence-corrected chi connectivity index (χ4v) is 4.32. The van der Waals surface area contributed by atoms with Crippen LogP contribution in [0.1, 0.15) is 28.7 Å².